The standard InChI is InChI=1S/C13H21NO2/c1-11-9-13(16)10-12(2)14(11)7-5-3-4-6-8-15/h9-10,15H,3-8H2,1-2H3. The number of hydrogen-bond donors (Lipinski definition) is 1. The Morgan fingerprint density at radius 3 is 2.19 bits per heavy atom. The third kappa shape index (κ3) is 3.81. The maximum absolute atomic E-state index is 11.2. The first-order valence-corrected chi connectivity index (χ1v) is 5.94. The van der Waals surface area contributed by atoms with Crippen LogP contribution in [0, 0.1) is 13.8 Å². The van der Waals surface area contributed by atoms with Gasteiger partial charge in [0.25, 0.3) is 0 Å². The predicted molar refractivity (Wildman–Crippen MR) is 65.7 cm³/mol. The molecule has 1 heterocycles. The number of aliphatic hydroxyl groups is 1. The molecule has 0 bridgehead atoms. The Balaban J connectivity index is 2.51. The molecule has 16 heavy (non-hydrogen) atoms. The summed E-state index contributed by atoms with van der Waals surface area (Å²) in [7, 11) is 0. The zero-order valence-electron chi connectivity index (χ0n) is 10.2. The highest BCUT2D eigenvalue weighted by Crippen LogP contribution is 2.06. The molecule has 0 radical (unpaired) electrons. The van der Waals surface area contributed by atoms with Crippen LogP contribution >= 0.6 is 0 Å². The van der Waals surface area contributed by atoms with E-state index in [1.165, 1.54) is 0 Å². The van der Waals surface area contributed by atoms with Crippen molar-refractivity contribution in [2.75, 3.05) is 6.61 Å². The fourth-order valence-corrected chi connectivity index (χ4v) is 1.98. The van der Waals surface area contributed by atoms with Crippen molar-refractivity contribution in [3.8, 4) is 0 Å². The summed E-state index contributed by atoms with van der Waals surface area (Å²) < 4.78 is 2.18. The summed E-state index contributed by atoms with van der Waals surface area (Å²) in [5.41, 5.74) is 2.16. The minimum atomic E-state index is 0.0894. The Hall–Kier alpha value is -1.09. The Bertz CT molecular complexity index is 356. The Kier molecular flexibility index (Phi) is 5.26. The van der Waals surface area contributed by atoms with Gasteiger partial charge in [-0.3, -0.25) is 4.79 Å². The summed E-state index contributed by atoms with van der Waals surface area (Å²) in [5, 5.41) is 8.66. The van der Waals surface area contributed by atoms with Gasteiger partial charge in [-0.25, -0.2) is 0 Å². The van der Waals surface area contributed by atoms with Crippen molar-refractivity contribution in [3.05, 3.63) is 33.7 Å². The summed E-state index contributed by atoms with van der Waals surface area (Å²) in [4.78, 5) is 11.2. The zero-order valence-corrected chi connectivity index (χ0v) is 10.2. The third-order valence-corrected chi connectivity index (χ3v) is 2.84. The summed E-state index contributed by atoms with van der Waals surface area (Å²) in [6, 6.07) is 3.36. The van der Waals surface area contributed by atoms with E-state index < -0.39 is 0 Å². The molecular weight excluding hydrogens is 202 g/mol. The van der Waals surface area contributed by atoms with Gasteiger partial charge in [0.2, 0.25) is 0 Å². The first kappa shape index (κ1) is 13.0. The number of aryl methyl sites for hydroxylation is 2. The highest BCUT2D eigenvalue weighted by molar-refractivity contribution is 5.12. The second-order valence-electron chi connectivity index (χ2n) is 4.26. The summed E-state index contributed by atoms with van der Waals surface area (Å²) >= 11 is 0. The number of nitrogens with zero attached hydrogens (tertiary/aromatic N) is 1. The van der Waals surface area contributed by atoms with E-state index in [1.54, 1.807) is 12.1 Å². The second kappa shape index (κ2) is 6.48. The highest BCUT2D eigenvalue weighted by Gasteiger charge is 2.00. The molecule has 0 atom stereocenters. The molecule has 0 aromatic carbocycles. The molecule has 3 nitrogen and oxygen atoms in total. The number of aromatic nitrogens is 1. The molecule has 0 amide bonds. The molecular formula is C13H21NO2. The number of unbranched alkanes of at least 4 members (excludes halogenated alkanes) is 3. The average Bonchev–Trinajstić information content (AvgIpc) is 2.20. The molecule has 1 aromatic heterocycles. The monoisotopic (exact) mass is 223 g/mol. The van der Waals surface area contributed by atoms with Crippen molar-refractivity contribution in [3.63, 3.8) is 0 Å². The summed E-state index contributed by atoms with van der Waals surface area (Å²) in [6.07, 6.45) is 4.20. The van der Waals surface area contributed by atoms with E-state index in [2.05, 4.69) is 4.57 Å². The van der Waals surface area contributed by atoms with E-state index in [1.807, 2.05) is 13.8 Å². The van der Waals surface area contributed by atoms with Crippen LogP contribution < -0.4 is 5.43 Å². The molecule has 1 rings (SSSR count). The van der Waals surface area contributed by atoms with E-state index in [4.69, 9.17) is 5.11 Å². The van der Waals surface area contributed by atoms with Crippen LogP contribution in [0.4, 0.5) is 0 Å². The smallest absolute Gasteiger partial charge is 0.182 e. The van der Waals surface area contributed by atoms with Gasteiger partial charge in [0.1, 0.15) is 0 Å². The molecule has 0 saturated carbocycles. The van der Waals surface area contributed by atoms with E-state index in [0.29, 0.717) is 0 Å². The second-order valence-corrected chi connectivity index (χ2v) is 4.26. The van der Waals surface area contributed by atoms with Gasteiger partial charge < -0.3 is 9.67 Å². The van der Waals surface area contributed by atoms with E-state index >= 15 is 0 Å². The van der Waals surface area contributed by atoms with Crippen molar-refractivity contribution in [1.82, 2.24) is 4.57 Å². The quantitative estimate of drug-likeness (QED) is 0.750. The topological polar surface area (TPSA) is 42.2 Å². The van der Waals surface area contributed by atoms with Gasteiger partial charge in [0.05, 0.1) is 0 Å². The summed E-state index contributed by atoms with van der Waals surface area (Å²) in [6.45, 7) is 5.20. The maximum Gasteiger partial charge on any atom is 0.182 e. The molecule has 0 aliphatic carbocycles. The van der Waals surface area contributed by atoms with Crippen LogP contribution in [-0.2, 0) is 6.54 Å². The molecule has 0 fully saturated rings. The average molecular weight is 223 g/mol. The van der Waals surface area contributed by atoms with Crippen molar-refractivity contribution in [1.29, 1.82) is 0 Å². The fraction of sp³-hybridized carbons (Fsp3) is 0.615. The SMILES string of the molecule is Cc1cc(=O)cc(C)n1CCCCCCO. The summed E-state index contributed by atoms with van der Waals surface area (Å²) in [5.74, 6) is 0. The number of aliphatic hydroxyl groups excluding tert-OH is 1. The Morgan fingerprint density at radius 2 is 1.62 bits per heavy atom. The van der Waals surface area contributed by atoms with Gasteiger partial charge in [0, 0.05) is 36.7 Å². The number of hydrogen-bond acceptors (Lipinski definition) is 2. The van der Waals surface area contributed by atoms with Crippen LogP contribution in [0.25, 0.3) is 0 Å². The molecule has 0 spiro atoms. The normalized spacial score (nSPS) is 10.7. The largest absolute Gasteiger partial charge is 0.396 e. The van der Waals surface area contributed by atoms with Crippen LogP contribution in [0.15, 0.2) is 16.9 Å². The highest BCUT2D eigenvalue weighted by atomic mass is 16.2. The van der Waals surface area contributed by atoms with E-state index in [9.17, 15) is 4.79 Å². The van der Waals surface area contributed by atoms with Crippen molar-refractivity contribution in [2.24, 2.45) is 0 Å². The minimum absolute atomic E-state index is 0.0894. The maximum atomic E-state index is 11.2. The van der Waals surface area contributed by atoms with E-state index in [-0.39, 0.29) is 12.0 Å². The number of pyridine rings is 1. The first-order valence-electron chi connectivity index (χ1n) is 5.94. The van der Waals surface area contributed by atoms with Crippen molar-refractivity contribution in [2.45, 2.75) is 46.1 Å². The van der Waals surface area contributed by atoms with Crippen LogP contribution in [0.2, 0.25) is 0 Å². The van der Waals surface area contributed by atoms with Gasteiger partial charge in [-0.05, 0) is 26.7 Å². The molecule has 3 heteroatoms. The molecule has 0 aliphatic heterocycles. The lowest BCUT2D eigenvalue weighted by molar-refractivity contribution is 0.282. The van der Waals surface area contributed by atoms with E-state index in [0.717, 1.165) is 43.6 Å². The van der Waals surface area contributed by atoms with Crippen LogP contribution in [0.5, 0.6) is 0 Å². The van der Waals surface area contributed by atoms with Gasteiger partial charge in [-0.15, -0.1) is 0 Å². The predicted octanol–water partition coefficient (Wildman–Crippen LogP) is 2.02. The van der Waals surface area contributed by atoms with Crippen LogP contribution in [-0.4, -0.2) is 16.3 Å². The van der Waals surface area contributed by atoms with Crippen molar-refractivity contribution < 1.29 is 5.11 Å². The number of rotatable bonds is 6. The Labute approximate surface area is 96.7 Å². The lowest BCUT2D eigenvalue weighted by atomic mass is 10.2. The van der Waals surface area contributed by atoms with Gasteiger partial charge in [0.15, 0.2) is 5.43 Å². The van der Waals surface area contributed by atoms with Crippen molar-refractivity contribution >= 4 is 0 Å². The molecule has 0 unspecified atom stereocenters. The molecule has 0 aliphatic rings. The lowest BCUT2D eigenvalue weighted by Crippen LogP contribution is -2.13. The molecule has 0 saturated heterocycles. The molecule has 1 N–H and O–H groups in total. The third-order valence-electron chi connectivity index (χ3n) is 2.84. The van der Waals surface area contributed by atoms with Crippen LogP contribution in [0.1, 0.15) is 37.1 Å². The molecule has 1 aromatic rings. The minimum Gasteiger partial charge on any atom is -0.396 e. The first-order chi connectivity index (χ1) is 7.65. The fourth-order valence-electron chi connectivity index (χ4n) is 1.98. The van der Waals surface area contributed by atoms with Gasteiger partial charge in [-0.2, -0.15) is 0 Å². The lowest BCUT2D eigenvalue weighted by Gasteiger charge is -2.13. The van der Waals surface area contributed by atoms with Gasteiger partial charge >= 0.3 is 0 Å². The Morgan fingerprint density at radius 1 is 1.06 bits per heavy atom. The van der Waals surface area contributed by atoms with Crippen LogP contribution in [0.3, 0.4) is 0 Å². The zero-order chi connectivity index (χ0) is 12.0. The molecule has 90 valence electrons. The van der Waals surface area contributed by atoms with Gasteiger partial charge in [-0.1, -0.05) is 12.8 Å².